The molecule has 4 nitrogen and oxygen atoms in total. The first-order valence-electron chi connectivity index (χ1n) is 9.61. The Labute approximate surface area is 155 Å². The molecule has 1 amide bonds. The predicted molar refractivity (Wildman–Crippen MR) is 106 cm³/mol. The molecular formula is C22H28N2O2. The van der Waals surface area contributed by atoms with Gasteiger partial charge in [-0.3, -0.25) is 4.79 Å². The van der Waals surface area contributed by atoms with Crippen LogP contribution >= 0.6 is 0 Å². The summed E-state index contributed by atoms with van der Waals surface area (Å²) < 4.78 is 0. The Morgan fingerprint density at radius 2 is 2.08 bits per heavy atom. The van der Waals surface area contributed by atoms with Crippen molar-refractivity contribution in [3.05, 3.63) is 53.6 Å². The average molecular weight is 352 g/mol. The number of phenols is 1. The summed E-state index contributed by atoms with van der Waals surface area (Å²) >= 11 is 0. The van der Waals surface area contributed by atoms with Gasteiger partial charge >= 0.3 is 0 Å². The van der Waals surface area contributed by atoms with E-state index in [0.717, 1.165) is 36.1 Å². The van der Waals surface area contributed by atoms with Crippen LogP contribution in [0, 0.1) is 0 Å². The van der Waals surface area contributed by atoms with Crippen LogP contribution in [0.5, 0.6) is 5.75 Å². The van der Waals surface area contributed by atoms with Crippen LogP contribution in [0.25, 0.3) is 11.1 Å². The lowest BCUT2D eigenvalue weighted by molar-refractivity contribution is 0.0956. The van der Waals surface area contributed by atoms with Crippen molar-refractivity contribution in [3.8, 4) is 16.9 Å². The zero-order valence-corrected chi connectivity index (χ0v) is 15.4. The molecule has 0 unspecified atom stereocenters. The zero-order chi connectivity index (χ0) is 18.4. The zero-order valence-electron chi connectivity index (χ0n) is 15.4. The fraction of sp³-hybridized carbons (Fsp3) is 0.409. The van der Waals surface area contributed by atoms with Crippen molar-refractivity contribution < 1.29 is 9.90 Å². The van der Waals surface area contributed by atoms with Crippen LogP contribution in [-0.4, -0.2) is 30.1 Å². The van der Waals surface area contributed by atoms with Gasteiger partial charge in [0.1, 0.15) is 5.75 Å². The number of carbonyl (C=O) groups is 1. The SMILES string of the molecule is CCNC(=O)c1ccccc1-c1cc(O)cc(CC[C@H]2CCCCN2)c1. The second-order valence-corrected chi connectivity index (χ2v) is 6.98. The van der Waals surface area contributed by atoms with Crippen molar-refractivity contribution >= 4 is 5.91 Å². The fourth-order valence-electron chi connectivity index (χ4n) is 3.67. The Hall–Kier alpha value is -2.33. The number of amides is 1. The third-order valence-electron chi connectivity index (χ3n) is 4.99. The first-order chi connectivity index (χ1) is 12.7. The van der Waals surface area contributed by atoms with Gasteiger partial charge in [0.05, 0.1) is 0 Å². The molecule has 0 bridgehead atoms. The standard InChI is InChI=1S/C22H28N2O2/c1-2-23-22(26)21-9-4-3-8-20(21)17-13-16(14-19(25)15-17)10-11-18-7-5-6-12-24-18/h3-4,8-9,13-15,18,24-25H,2,5-7,10-12H2,1H3,(H,23,26)/t18-/m1/s1. The number of piperidine rings is 1. The van der Waals surface area contributed by atoms with Gasteiger partial charge < -0.3 is 15.7 Å². The summed E-state index contributed by atoms with van der Waals surface area (Å²) in [4.78, 5) is 12.4. The van der Waals surface area contributed by atoms with E-state index in [0.29, 0.717) is 18.2 Å². The lowest BCUT2D eigenvalue weighted by Gasteiger charge is -2.23. The summed E-state index contributed by atoms with van der Waals surface area (Å²) in [5, 5.41) is 16.6. The maximum atomic E-state index is 12.4. The summed E-state index contributed by atoms with van der Waals surface area (Å²) in [7, 11) is 0. The molecular weight excluding hydrogens is 324 g/mol. The molecule has 0 spiro atoms. The van der Waals surface area contributed by atoms with E-state index in [1.54, 1.807) is 6.07 Å². The third kappa shape index (κ3) is 4.64. The lowest BCUT2D eigenvalue weighted by Crippen LogP contribution is -2.34. The number of carbonyl (C=O) groups excluding carboxylic acids is 1. The molecule has 1 fully saturated rings. The smallest absolute Gasteiger partial charge is 0.251 e. The molecule has 1 aliphatic rings. The minimum absolute atomic E-state index is 0.0839. The van der Waals surface area contributed by atoms with Crippen LogP contribution in [0.15, 0.2) is 42.5 Å². The summed E-state index contributed by atoms with van der Waals surface area (Å²) in [6, 6.07) is 13.8. The Bertz CT molecular complexity index is 752. The van der Waals surface area contributed by atoms with Crippen molar-refractivity contribution in [1.82, 2.24) is 10.6 Å². The molecule has 4 heteroatoms. The summed E-state index contributed by atoms with van der Waals surface area (Å²) in [5.74, 6) is 0.166. The van der Waals surface area contributed by atoms with E-state index in [1.807, 2.05) is 37.3 Å². The quantitative estimate of drug-likeness (QED) is 0.739. The number of benzene rings is 2. The Balaban J connectivity index is 1.82. The second kappa shape index (κ2) is 8.86. The molecule has 138 valence electrons. The van der Waals surface area contributed by atoms with Crippen LogP contribution in [-0.2, 0) is 6.42 Å². The van der Waals surface area contributed by atoms with E-state index in [4.69, 9.17) is 0 Å². The van der Waals surface area contributed by atoms with Gasteiger partial charge in [-0.25, -0.2) is 0 Å². The minimum atomic E-state index is -0.0839. The highest BCUT2D eigenvalue weighted by Crippen LogP contribution is 2.29. The summed E-state index contributed by atoms with van der Waals surface area (Å²) in [5.41, 5.74) is 3.49. The highest BCUT2D eigenvalue weighted by atomic mass is 16.3. The Morgan fingerprint density at radius 3 is 2.85 bits per heavy atom. The number of hydrogen-bond acceptors (Lipinski definition) is 3. The van der Waals surface area contributed by atoms with E-state index in [-0.39, 0.29) is 11.7 Å². The fourth-order valence-corrected chi connectivity index (χ4v) is 3.67. The van der Waals surface area contributed by atoms with Gasteiger partial charge in [-0.1, -0.05) is 30.7 Å². The molecule has 0 aromatic heterocycles. The highest BCUT2D eigenvalue weighted by molar-refractivity contribution is 6.01. The first-order valence-corrected chi connectivity index (χ1v) is 9.61. The van der Waals surface area contributed by atoms with Gasteiger partial charge in [0.15, 0.2) is 0 Å². The molecule has 3 rings (SSSR count). The molecule has 26 heavy (non-hydrogen) atoms. The van der Waals surface area contributed by atoms with Crippen molar-refractivity contribution in [2.45, 2.75) is 45.1 Å². The van der Waals surface area contributed by atoms with E-state index in [2.05, 4.69) is 16.7 Å². The molecule has 1 heterocycles. The van der Waals surface area contributed by atoms with Crippen LogP contribution < -0.4 is 10.6 Å². The number of rotatable bonds is 6. The second-order valence-electron chi connectivity index (χ2n) is 6.98. The van der Waals surface area contributed by atoms with Gasteiger partial charge in [-0.2, -0.15) is 0 Å². The van der Waals surface area contributed by atoms with Gasteiger partial charge in [0, 0.05) is 18.2 Å². The lowest BCUT2D eigenvalue weighted by atomic mass is 9.94. The van der Waals surface area contributed by atoms with E-state index < -0.39 is 0 Å². The number of aromatic hydroxyl groups is 1. The molecule has 1 aliphatic heterocycles. The average Bonchev–Trinajstić information content (AvgIpc) is 2.67. The molecule has 3 N–H and O–H groups in total. The molecule has 2 aromatic carbocycles. The molecule has 0 aliphatic carbocycles. The maximum absolute atomic E-state index is 12.4. The van der Waals surface area contributed by atoms with Crippen LogP contribution in [0.4, 0.5) is 0 Å². The number of aryl methyl sites for hydroxylation is 1. The molecule has 1 saturated heterocycles. The topological polar surface area (TPSA) is 61.4 Å². The molecule has 0 radical (unpaired) electrons. The molecule has 0 saturated carbocycles. The predicted octanol–water partition coefficient (Wildman–Crippen LogP) is 3.88. The van der Waals surface area contributed by atoms with Crippen LogP contribution in [0.3, 0.4) is 0 Å². The van der Waals surface area contributed by atoms with E-state index >= 15 is 0 Å². The number of phenolic OH excluding ortho intramolecular Hbond substituents is 1. The summed E-state index contributed by atoms with van der Waals surface area (Å²) in [6.07, 6.45) is 5.78. The van der Waals surface area contributed by atoms with Crippen LogP contribution in [0.2, 0.25) is 0 Å². The number of nitrogens with one attached hydrogen (secondary N) is 2. The van der Waals surface area contributed by atoms with Crippen molar-refractivity contribution in [3.63, 3.8) is 0 Å². The maximum Gasteiger partial charge on any atom is 0.251 e. The molecule has 1 atom stereocenters. The monoisotopic (exact) mass is 352 g/mol. The van der Waals surface area contributed by atoms with Gasteiger partial charge in [0.2, 0.25) is 0 Å². The largest absolute Gasteiger partial charge is 0.508 e. The highest BCUT2D eigenvalue weighted by Gasteiger charge is 2.15. The van der Waals surface area contributed by atoms with Crippen molar-refractivity contribution in [2.24, 2.45) is 0 Å². The van der Waals surface area contributed by atoms with Gasteiger partial charge in [-0.15, -0.1) is 0 Å². The number of hydrogen-bond donors (Lipinski definition) is 3. The van der Waals surface area contributed by atoms with Crippen molar-refractivity contribution in [2.75, 3.05) is 13.1 Å². The van der Waals surface area contributed by atoms with E-state index in [1.165, 1.54) is 19.3 Å². The van der Waals surface area contributed by atoms with Crippen molar-refractivity contribution in [1.29, 1.82) is 0 Å². The van der Waals surface area contributed by atoms with E-state index in [9.17, 15) is 9.90 Å². The molecule has 2 aromatic rings. The van der Waals surface area contributed by atoms with Crippen LogP contribution in [0.1, 0.15) is 48.5 Å². The normalized spacial score (nSPS) is 17.0. The third-order valence-corrected chi connectivity index (χ3v) is 4.99. The Morgan fingerprint density at radius 1 is 1.23 bits per heavy atom. The van der Waals surface area contributed by atoms with Gasteiger partial charge in [-0.05, 0) is 74.0 Å². The Kier molecular flexibility index (Phi) is 6.29. The van der Waals surface area contributed by atoms with Gasteiger partial charge in [0.25, 0.3) is 5.91 Å². The first kappa shape index (κ1) is 18.5. The minimum Gasteiger partial charge on any atom is -0.508 e. The summed E-state index contributed by atoms with van der Waals surface area (Å²) in [6.45, 7) is 3.61.